The zero-order valence-electron chi connectivity index (χ0n) is 55.6. The van der Waals surface area contributed by atoms with Crippen LogP contribution in [0.5, 0.6) is 0 Å². The molecule has 0 saturated carbocycles. The van der Waals surface area contributed by atoms with Gasteiger partial charge in [-0.3, -0.25) is 52.8 Å². The van der Waals surface area contributed by atoms with E-state index in [0.29, 0.717) is 45.1 Å². The number of nitrogens with zero attached hydrogens (tertiary/aromatic N) is 4. The van der Waals surface area contributed by atoms with Gasteiger partial charge in [0.15, 0.2) is 0 Å². The third kappa shape index (κ3) is 22.5. The summed E-state index contributed by atoms with van der Waals surface area (Å²) in [6.45, 7) is 18.1. The highest BCUT2D eigenvalue weighted by atomic mass is 16.5. The molecule has 1 saturated heterocycles. The number of ether oxygens (including phenoxy) is 3. The Balaban J connectivity index is 1.76. The molecular formula is C64H103N11O15. The van der Waals surface area contributed by atoms with Gasteiger partial charge in [-0.15, -0.1) is 0 Å². The Labute approximate surface area is 531 Å². The third-order valence-corrected chi connectivity index (χ3v) is 17.0. The summed E-state index contributed by atoms with van der Waals surface area (Å²) in [5.74, 6) is -8.19. The molecule has 1 aromatic carbocycles. The molecule has 0 radical (unpaired) electrons. The number of methoxy groups -OCH3 is 3. The number of imide groups is 1. The van der Waals surface area contributed by atoms with Gasteiger partial charge in [0.2, 0.25) is 47.3 Å². The number of nitrogens with one attached hydrogen (secondary N) is 6. The minimum atomic E-state index is -1.26. The van der Waals surface area contributed by atoms with E-state index in [1.807, 2.05) is 44.2 Å². The molecule has 0 aromatic heterocycles. The van der Waals surface area contributed by atoms with E-state index in [1.165, 1.54) is 57.3 Å². The van der Waals surface area contributed by atoms with Gasteiger partial charge in [0.25, 0.3) is 11.8 Å². The number of likely N-dealkylation sites (tertiary alicyclic amines) is 1. The summed E-state index contributed by atoms with van der Waals surface area (Å²) < 4.78 is 17.1. The molecule has 0 bridgehead atoms. The van der Waals surface area contributed by atoms with Crippen LogP contribution in [0.4, 0.5) is 4.79 Å². The summed E-state index contributed by atoms with van der Waals surface area (Å²) in [5.41, 5.74) is 6.09. The number of unbranched alkanes of at least 4 members (excludes halogenated alkanes) is 2. The normalized spacial score (nSPS) is 17.6. The fourth-order valence-corrected chi connectivity index (χ4v) is 11.7. The number of nitrogens with two attached hydrogens (primary N) is 1. The van der Waals surface area contributed by atoms with Crippen molar-refractivity contribution in [2.24, 2.45) is 35.3 Å². The second kappa shape index (κ2) is 37.6. The summed E-state index contributed by atoms with van der Waals surface area (Å²) in [7, 11) is 7.22. The van der Waals surface area contributed by atoms with Gasteiger partial charge in [0, 0.05) is 72.9 Å². The molecule has 0 spiro atoms. The minimum Gasteiger partial charge on any atom is -0.467 e. The average molecular weight is 1270 g/mol. The van der Waals surface area contributed by atoms with Crippen molar-refractivity contribution in [1.29, 1.82) is 0 Å². The van der Waals surface area contributed by atoms with Gasteiger partial charge in [0.1, 0.15) is 36.3 Å². The molecule has 90 heavy (non-hydrogen) atoms. The molecule has 3 rings (SSSR count). The van der Waals surface area contributed by atoms with Crippen LogP contribution < -0.4 is 37.6 Å². The molecule has 1 unspecified atom stereocenters. The minimum absolute atomic E-state index is 0.0206. The first kappa shape index (κ1) is 76.8. The average Bonchev–Trinajstić information content (AvgIpc) is 1.43. The van der Waals surface area contributed by atoms with Crippen molar-refractivity contribution in [2.45, 2.75) is 200 Å². The molecule has 12 amide bonds. The number of benzene rings is 1. The topological polar surface area (TPSA) is 344 Å². The van der Waals surface area contributed by atoms with E-state index < -0.39 is 138 Å². The maximum absolute atomic E-state index is 14.9. The van der Waals surface area contributed by atoms with E-state index >= 15 is 0 Å². The monoisotopic (exact) mass is 1270 g/mol. The molecule has 26 nitrogen and oxygen atoms in total. The van der Waals surface area contributed by atoms with E-state index in [0.717, 1.165) is 10.5 Å². The Bertz CT molecular complexity index is 2620. The number of carbonyl (C=O) groups is 12. The van der Waals surface area contributed by atoms with E-state index in [4.69, 9.17) is 19.9 Å². The van der Waals surface area contributed by atoms with Crippen LogP contribution in [0.15, 0.2) is 42.5 Å². The number of likely N-dealkylation sites (N-methyl/N-ethyl adjacent to an activating group) is 2. The Kier molecular flexibility index (Phi) is 32.1. The number of hydrogen-bond acceptors (Lipinski definition) is 15. The summed E-state index contributed by atoms with van der Waals surface area (Å²) >= 11 is 0. The van der Waals surface area contributed by atoms with Crippen molar-refractivity contribution in [3.8, 4) is 0 Å². The molecule has 26 heteroatoms. The first-order valence-electron chi connectivity index (χ1n) is 31.5. The van der Waals surface area contributed by atoms with Crippen LogP contribution in [0.25, 0.3) is 0 Å². The predicted molar refractivity (Wildman–Crippen MR) is 336 cm³/mol. The van der Waals surface area contributed by atoms with Gasteiger partial charge >= 0.3 is 12.0 Å². The fourth-order valence-electron chi connectivity index (χ4n) is 11.7. The SMILES string of the molecule is CC[C@H](C)[C@@H]([C@@H](CC(=O)N1CCC[C@H]1[C@H](OC)[C@@H](C)C(=O)N[C@@H](Cc1ccccc1)C(=O)OC)OC)N(C)C(=O)[C@@H](NC(=O)[C@H](C(C)C)N(C)C(=O)[C@@H](C)NC(=O)C(CCCNC(N)=O)NC(=O)[C@@H](NC(=O)CCCCCN1C(=O)C=CC1=O)C(C)C)C(C)C. The second-order valence-electron chi connectivity index (χ2n) is 24.7. The fraction of sp³-hybridized carbons (Fsp3) is 0.688. The number of primary amides is 1. The lowest BCUT2D eigenvalue weighted by molar-refractivity contribution is -0.149. The van der Waals surface area contributed by atoms with Crippen molar-refractivity contribution in [2.75, 3.05) is 55.1 Å². The van der Waals surface area contributed by atoms with Crippen molar-refractivity contribution >= 4 is 71.1 Å². The first-order valence-corrected chi connectivity index (χ1v) is 31.5. The van der Waals surface area contributed by atoms with Gasteiger partial charge in [-0.25, -0.2) is 9.59 Å². The highest BCUT2D eigenvalue weighted by Crippen LogP contribution is 2.30. The quantitative estimate of drug-likeness (QED) is 0.0284. The Morgan fingerprint density at radius 3 is 1.86 bits per heavy atom. The second-order valence-corrected chi connectivity index (χ2v) is 24.7. The highest BCUT2D eigenvalue weighted by Gasteiger charge is 2.44. The maximum Gasteiger partial charge on any atom is 0.328 e. The Morgan fingerprint density at radius 2 is 1.30 bits per heavy atom. The maximum atomic E-state index is 14.9. The molecule has 2 aliphatic rings. The summed E-state index contributed by atoms with van der Waals surface area (Å²) in [4.78, 5) is 167. The van der Waals surface area contributed by atoms with Crippen LogP contribution >= 0.6 is 0 Å². The van der Waals surface area contributed by atoms with Crippen LogP contribution in [-0.2, 0) is 73.4 Å². The van der Waals surface area contributed by atoms with Crippen LogP contribution in [0, 0.1) is 29.6 Å². The molecule has 12 atom stereocenters. The first-order chi connectivity index (χ1) is 42.4. The van der Waals surface area contributed by atoms with Gasteiger partial charge in [-0.2, -0.15) is 0 Å². The van der Waals surface area contributed by atoms with Crippen LogP contribution in [0.2, 0.25) is 0 Å². The van der Waals surface area contributed by atoms with Crippen LogP contribution in [0.1, 0.15) is 139 Å². The predicted octanol–water partition coefficient (Wildman–Crippen LogP) is 2.50. The zero-order chi connectivity index (χ0) is 67.7. The number of carbonyl (C=O) groups excluding carboxylic acids is 12. The number of hydrogen-bond donors (Lipinski definition) is 7. The van der Waals surface area contributed by atoms with Gasteiger partial charge in [0.05, 0.1) is 43.7 Å². The summed E-state index contributed by atoms with van der Waals surface area (Å²) in [6.07, 6.45) is 4.29. The number of urea groups is 1. The summed E-state index contributed by atoms with van der Waals surface area (Å²) in [5, 5.41) is 16.3. The van der Waals surface area contributed by atoms with Gasteiger partial charge < -0.3 is 66.5 Å². The number of rotatable bonds is 38. The van der Waals surface area contributed by atoms with Crippen LogP contribution in [0.3, 0.4) is 0 Å². The van der Waals surface area contributed by atoms with E-state index in [-0.39, 0.29) is 68.8 Å². The lowest BCUT2D eigenvalue weighted by atomic mass is 9.89. The van der Waals surface area contributed by atoms with Gasteiger partial charge in [-0.05, 0) is 74.7 Å². The Morgan fingerprint density at radius 1 is 0.678 bits per heavy atom. The number of amides is 12. The largest absolute Gasteiger partial charge is 0.467 e. The lowest BCUT2D eigenvalue weighted by Crippen LogP contribution is -2.61. The van der Waals surface area contributed by atoms with Crippen molar-refractivity contribution < 1.29 is 71.7 Å². The van der Waals surface area contributed by atoms with Crippen molar-refractivity contribution in [3.63, 3.8) is 0 Å². The molecule has 2 aliphatic heterocycles. The number of esters is 1. The smallest absolute Gasteiger partial charge is 0.328 e. The van der Waals surface area contributed by atoms with E-state index in [2.05, 4.69) is 31.9 Å². The molecule has 0 aliphatic carbocycles. The molecule has 504 valence electrons. The molecule has 1 fully saturated rings. The zero-order valence-corrected chi connectivity index (χ0v) is 55.6. The molecular weight excluding hydrogens is 1160 g/mol. The molecule has 1 aromatic rings. The summed E-state index contributed by atoms with van der Waals surface area (Å²) in [6, 6.07) is 0.406. The van der Waals surface area contributed by atoms with E-state index in [1.54, 1.807) is 60.4 Å². The standard InChI is InChI=1S/C64H103N11O15/c1-16-40(8)55(47(88-13)36-51(79)74-34-24-28-46(74)56(89-14)41(9)57(80)69-45(63(86)90-15)35-43-25-19-17-20-26-43)73(12)62(85)53(38(4)5)71-60(83)54(39(6)7)72(11)61(84)42(10)67-58(81)44(27-23-32-66-64(65)87)68-59(82)52(37(2)3)70-48(76)29-21-18-22-33-75-49(77)30-31-50(75)78/h17,19-20,25-26,30-31,37-42,44-47,52-56H,16,18,21-24,27-29,32-36H2,1-15H3,(H,67,81)(H,68,82)(H,69,80)(H,70,76)(H,71,83)(H3,65,66,87)/t40-,41+,42+,44?,45-,46-,47+,52-,53-,54-,55-,56+/m0/s1. The third-order valence-electron chi connectivity index (χ3n) is 17.0. The highest BCUT2D eigenvalue weighted by molar-refractivity contribution is 6.12. The van der Waals surface area contributed by atoms with E-state index in [9.17, 15) is 57.5 Å². The Hall–Kier alpha value is -7.48. The van der Waals surface area contributed by atoms with Crippen molar-refractivity contribution in [3.05, 3.63) is 48.0 Å². The van der Waals surface area contributed by atoms with Crippen LogP contribution in [-0.4, -0.2) is 206 Å². The van der Waals surface area contributed by atoms with Gasteiger partial charge in [-0.1, -0.05) is 105 Å². The lowest BCUT2D eigenvalue weighted by Gasteiger charge is -2.41. The molecule has 2 heterocycles. The molecule has 8 N–H and O–H groups in total. The van der Waals surface area contributed by atoms with Crippen molar-refractivity contribution in [1.82, 2.24) is 51.5 Å².